The molecule has 0 amide bonds. The summed E-state index contributed by atoms with van der Waals surface area (Å²) in [7, 11) is 0. The van der Waals surface area contributed by atoms with Gasteiger partial charge in [0.05, 0.1) is 6.04 Å². The van der Waals surface area contributed by atoms with Gasteiger partial charge >= 0.3 is 0 Å². The predicted octanol–water partition coefficient (Wildman–Crippen LogP) is 2.96. The summed E-state index contributed by atoms with van der Waals surface area (Å²) < 4.78 is 19.2. The largest absolute Gasteiger partial charge is 0.338 e. The van der Waals surface area contributed by atoms with Gasteiger partial charge in [0.25, 0.3) is 0 Å². The first-order chi connectivity index (χ1) is 11.1. The summed E-state index contributed by atoms with van der Waals surface area (Å²) in [5.41, 5.74) is 0.765. The van der Waals surface area contributed by atoms with Crippen molar-refractivity contribution < 1.29 is 8.91 Å². The molecule has 0 aliphatic carbocycles. The highest BCUT2D eigenvalue weighted by molar-refractivity contribution is 5.20. The molecule has 3 rings (SSSR count). The summed E-state index contributed by atoms with van der Waals surface area (Å²) in [6.07, 6.45) is 0. The Morgan fingerprint density at radius 1 is 1.04 bits per heavy atom. The molecule has 2 atom stereocenters. The smallest absolute Gasteiger partial charge is 0.243 e. The van der Waals surface area contributed by atoms with Crippen LogP contribution in [0.2, 0.25) is 0 Å². The molecule has 0 N–H and O–H groups in total. The van der Waals surface area contributed by atoms with Crippen LogP contribution in [0.5, 0.6) is 0 Å². The summed E-state index contributed by atoms with van der Waals surface area (Å²) in [5, 5.41) is 3.86. The second-order valence-electron chi connectivity index (χ2n) is 6.13. The van der Waals surface area contributed by atoms with Crippen molar-refractivity contribution in [3.05, 3.63) is 47.4 Å². The van der Waals surface area contributed by atoms with Gasteiger partial charge in [0.15, 0.2) is 5.82 Å². The zero-order valence-electron chi connectivity index (χ0n) is 13.9. The maximum absolute atomic E-state index is 14.0. The van der Waals surface area contributed by atoms with E-state index >= 15 is 0 Å². The number of aryl methyl sites for hydroxylation is 1. The molecule has 0 bridgehead atoms. The fourth-order valence-corrected chi connectivity index (χ4v) is 3.16. The van der Waals surface area contributed by atoms with Crippen molar-refractivity contribution in [2.24, 2.45) is 0 Å². The van der Waals surface area contributed by atoms with Crippen LogP contribution in [0.1, 0.15) is 43.2 Å². The van der Waals surface area contributed by atoms with Gasteiger partial charge in [-0.2, -0.15) is 4.98 Å². The van der Waals surface area contributed by atoms with Crippen LogP contribution in [0.25, 0.3) is 0 Å². The number of halogens is 1. The van der Waals surface area contributed by atoms with E-state index in [4.69, 9.17) is 4.52 Å². The Hall–Kier alpha value is -1.79. The molecule has 5 nitrogen and oxygen atoms in total. The molecule has 1 fully saturated rings. The number of hydrogen-bond acceptors (Lipinski definition) is 5. The average molecular weight is 318 g/mol. The van der Waals surface area contributed by atoms with Gasteiger partial charge in [0.2, 0.25) is 5.89 Å². The van der Waals surface area contributed by atoms with Crippen molar-refractivity contribution in [1.82, 2.24) is 19.9 Å². The van der Waals surface area contributed by atoms with Crippen LogP contribution in [-0.2, 0) is 0 Å². The molecule has 1 aliphatic heterocycles. The van der Waals surface area contributed by atoms with Gasteiger partial charge in [-0.05, 0) is 26.8 Å². The third-order valence-electron chi connectivity index (χ3n) is 4.70. The van der Waals surface area contributed by atoms with Crippen molar-refractivity contribution in [3.63, 3.8) is 0 Å². The highest BCUT2D eigenvalue weighted by Crippen LogP contribution is 2.26. The molecule has 2 heterocycles. The maximum Gasteiger partial charge on any atom is 0.243 e. The Balaban J connectivity index is 1.61. The molecule has 1 aromatic heterocycles. The molecule has 124 valence electrons. The number of nitrogens with zero attached hydrogens (tertiary/aromatic N) is 4. The molecule has 1 saturated heterocycles. The Kier molecular flexibility index (Phi) is 4.73. The molecular weight excluding hydrogens is 295 g/mol. The number of benzene rings is 1. The quantitative estimate of drug-likeness (QED) is 0.867. The topological polar surface area (TPSA) is 45.4 Å². The molecule has 2 aromatic rings. The van der Waals surface area contributed by atoms with Crippen molar-refractivity contribution in [1.29, 1.82) is 0 Å². The van der Waals surface area contributed by atoms with Crippen molar-refractivity contribution in [3.8, 4) is 0 Å². The number of rotatable bonds is 4. The molecule has 1 aromatic carbocycles. The van der Waals surface area contributed by atoms with Crippen LogP contribution in [0, 0.1) is 12.7 Å². The fraction of sp³-hybridized carbons (Fsp3) is 0.529. The SMILES string of the molecule is Cc1noc([C@@H](C)N2CCN([C@@H](C)c3ccccc3F)CC2)n1. The second kappa shape index (κ2) is 6.76. The van der Waals surface area contributed by atoms with E-state index in [0.717, 1.165) is 31.7 Å². The maximum atomic E-state index is 14.0. The summed E-state index contributed by atoms with van der Waals surface area (Å²) in [5.74, 6) is 1.20. The zero-order valence-corrected chi connectivity index (χ0v) is 13.9. The van der Waals surface area contributed by atoms with Crippen molar-refractivity contribution >= 4 is 0 Å². The first-order valence-corrected chi connectivity index (χ1v) is 8.09. The number of piperazine rings is 1. The first kappa shape index (κ1) is 16.1. The fourth-order valence-electron chi connectivity index (χ4n) is 3.16. The molecular formula is C17H23FN4O. The minimum atomic E-state index is -0.128. The van der Waals surface area contributed by atoms with E-state index in [2.05, 4.69) is 33.8 Å². The van der Waals surface area contributed by atoms with Crippen LogP contribution in [0.4, 0.5) is 4.39 Å². The van der Waals surface area contributed by atoms with Gasteiger partial charge in [0.1, 0.15) is 5.82 Å². The van der Waals surface area contributed by atoms with E-state index < -0.39 is 0 Å². The van der Waals surface area contributed by atoms with E-state index in [0.29, 0.717) is 11.7 Å². The molecule has 6 heteroatoms. The van der Waals surface area contributed by atoms with Crippen LogP contribution < -0.4 is 0 Å². The standard InChI is InChI=1S/C17H23FN4O/c1-12(15-6-4-5-7-16(15)18)21-8-10-22(11-9-21)13(2)17-19-14(3)20-23-17/h4-7,12-13H,8-11H2,1-3H3/t12-,13+/m0/s1. The summed E-state index contributed by atoms with van der Waals surface area (Å²) in [6, 6.07) is 7.22. The lowest BCUT2D eigenvalue weighted by Gasteiger charge is -2.39. The molecule has 23 heavy (non-hydrogen) atoms. The van der Waals surface area contributed by atoms with Crippen molar-refractivity contribution in [2.75, 3.05) is 26.2 Å². The molecule has 0 radical (unpaired) electrons. The third kappa shape index (κ3) is 3.43. The first-order valence-electron chi connectivity index (χ1n) is 8.09. The normalized spacial score (nSPS) is 19.7. The lowest BCUT2D eigenvalue weighted by Crippen LogP contribution is -2.47. The van der Waals surface area contributed by atoms with Gasteiger partial charge in [0, 0.05) is 37.8 Å². The van der Waals surface area contributed by atoms with Gasteiger partial charge in [-0.25, -0.2) is 4.39 Å². The van der Waals surface area contributed by atoms with E-state index in [1.54, 1.807) is 6.07 Å². The molecule has 0 spiro atoms. The summed E-state index contributed by atoms with van der Waals surface area (Å²) >= 11 is 0. The van der Waals surface area contributed by atoms with Gasteiger partial charge in [-0.1, -0.05) is 23.4 Å². The highest BCUT2D eigenvalue weighted by Gasteiger charge is 2.28. The van der Waals surface area contributed by atoms with Gasteiger partial charge in [-0.3, -0.25) is 9.80 Å². The highest BCUT2D eigenvalue weighted by atomic mass is 19.1. The van der Waals surface area contributed by atoms with Crippen LogP contribution in [-0.4, -0.2) is 46.1 Å². The minimum absolute atomic E-state index is 0.0827. The number of aromatic nitrogens is 2. The van der Waals surface area contributed by atoms with Crippen LogP contribution >= 0.6 is 0 Å². The molecule has 1 aliphatic rings. The molecule has 0 saturated carbocycles. The Morgan fingerprint density at radius 3 is 2.22 bits per heavy atom. The Labute approximate surface area is 136 Å². The lowest BCUT2D eigenvalue weighted by molar-refractivity contribution is 0.0669. The minimum Gasteiger partial charge on any atom is -0.338 e. The van der Waals surface area contributed by atoms with E-state index in [-0.39, 0.29) is 17.9 Å². The van der Waals surface area contributed by atoms with Crippen molar-refractivity contribution in [2.45, 2.75) is 32.9 Å². The van der Waals surface area contributed by atoms with Crippen LogP contribution in [0.15, 0.2) is 28.8 Å². The zero-order chi connectivity index (χ0) is 16.4. The molecule has 0 unspecified atom stereocenters. The van der Waals surface area contributed by atoms with E-state index in [1.807, 2.05) is 19.1 Å². The Bertz CT molecular complexity index is 652. The van der Waals surface area contributed by atoms with Gasteiger partial charge in [-0.15, -0.1) is 0 Å². The Morgan fingerprint density at radius 2 is 1.65 bits per heavy atom. The van der Waals surface area contributed by atoms with E-state index in [9.17, 15) is 4.39 Å². The predicted molar refractivity (Wildman–Crippen MR) is 85.4 cm³/mol. The van der Waals surface area contributed by atoms with Crippen LogP contribution in [0.3, 0.4) is 0 Å². The lowest BCUT2D eigenvalue weighted by atomic mass is 10.1. The van der Waals surface area contributed by atoms with E-state index in [1.165, 1.54) is 6.07 Å². The number of hydrogen-bond donors (Lipinski definition) is 0. The summed E-state index contributed by atoms with van der Waals surface area (Å²) in [6.45, 7) is 9.58. The summed E-state index contributed by atoms with van der Waals surface area (Å²) in [4.78, 5) is 8.97. The second-order valence-corrected chi connectivity index (χ2v) is 6.13. The average Bonchev–Trinajstić information content (AvgIpc) is 3.01. The monoisotopic (exact) mass is 318 g/mol. The van der Waals surface area contributed by atoms with Gasteiger partial charge < -0.3 is 4.52 Å². The third-order valence-corrected chi connectivity index (χ3v) is 4.70.